The maximum atomic E-state index is 12.7. The molecule has 3 heterocycles. The van der Waals surface area contributed by atoms with Gasteiger partial charge in [0.15, 0.2) is 0 Å². The lowest BCUT2D eigenvalue weighted by molar-refractivity contribution is -0.139. The molecule has 2 N–H and O–H groups in total. The summed E-state index contributed by atoms with van der Waals surface area (Å²) in [5.41, 5.74) is -2.47. The molecule has 0 aliphatic heterocycles. The van der Waals surface area contributed by atoms with Gasteiger partial charge in [0.25, 0.3) is 22.2 Å². The zero-order chi connectivity index (χ0) is 22.3. The second-order valence-electron chi connectivity index (χ2n) is 7.37. The molecular formula is C18H18N2O8S2. The normalized spacial score (nSPS) is 13.7. The predicted molar refractivity (Wildman–Crippen MR) is 112 cm³/mol. The molecule has 3 rings (SSSR count). The Kier molecular flexibility index (Phi) is 5.90. The fourth-order valence-electron chi connectivity index (χ4n) is 3.31. The van der Waals surface area contributed by atoms with E-state index in [2.05, 4.69) is 0 Å². The molecule has 30 heavy (non-hydrogen) atoms. The first kappa shape index (κ1) is 21.8. The second kappa shape index (κ2) is 8.11. The van der Waals surface area contributed by atoms with E-state index in [0.717, 1.165) is 31.8 Å². The minimum atomic E-state index is -1.04. The molecule has 2 unspecified atom stereocenters. The molecule has 12 heteroatoms. The molecule has 160 valence electrons. The topological polar surface area (TPSA) is 153 Å². The van der Waals surface area contributed by atoms with E-state index >= 15 is 0 Å². The average molecular weight is 454 g/mol. The third-order valence-corrected chi connectivity index (χ3v) is 7.20. The van der Waals surface area contributed by atoms with E-state index in [-0.39, 0.29) is 44.7 Å². The van der Waals surface area contributed by atoms with Crippen LogP contribution in [0.1, 0.15) is 26.7 Å². The molecule has 0 aliphatic rings. The van der Waals surface area contributed by atoms with Gasteiger partial charge in [-0.1, -0.05) is 13.8 Å². The number of carbonyl (C=O) groups is 2. The Labute approximate surface area is 175 Å². The van der Waals surface area contributed by atoms with Gasteiger partial charge in [-0.05, 0) is 11.8 Å². The van der Waals surface area contributed by atoms with Gasteiger partial charge >= 0.3 is 11.9 Å². The summed E-state index contributed by atoms with van der Waals surface area (Å²) in [6, 6.07) is 0. The van der Waals surface area contributed by atoms with Gasteiger partial charge < -0.3 is 10.2 Å². The van der Waals surface area contributed by atoms with E-state index < -0.39 is 46.0 Å². The third-order valence-electron chi connectivity index (χ3n) is 4.61. The van der Waals surface area contributed by atoms with Gasteiger partial charge in [0.1, 0.15) is 18.8 Å². The van der Waals surface area contributed by atoms with Crippen LogP contribution in [0, 0.1) is 11.8 Å². The number of rotatable bonds is 8. The molecule has 2 atom stereocenters. The molecule has 3 aromatic rings. The number of hydrogen-bond acceptors (Lipinski definition) is 8. The maximum absolute atomic E-state index is 12.7. The minimum Gasteiger partial charge on any atom is -0.481 e. The summed E-state index contributed by atoms with van der Waals surface area (Å²) in [5.74, 6) is -3.00. The Morgan fingerprint density at radius 2 is 0.967 bits per heavy atom. The van der Waals surface area contributed by atoms with E-state index in [4.69, 9.17) is 10.2 Å². The summed E-state index contributed by atoms with van der Waals surface area (Å²) in [6.45, 7) is 3.05. The first-order valence-corrected chi connectivity index (χ1v) is 10.6. The smallest absolute Gasteiger partial charge is 0.303 e. The maximum Gasteiger partial charge on any atom is 0.303 e. The molecule has 0 amide bonds. The van der Waals surface area contributed by atoms with E-state index in [0.29, 0.717) is 0 Å². The van der Waals surface area contributed by atoms with Crippen molar-refractivity contribution in [1.29, 1.82) is 0 Å². The van der Waals surface area contributed by atoms with Crippen LogP contribution in [0.4, 0.5) is 0 Å². The van der Waals surface area contributed by atoms with Crippen molar-refractivity contribution >= 4 is 53.4 Å². The van der Waals surface area contributed by atoms with Crippen molar-refractivity contribution in [1.82, 2.24) is 9.13 Å². The van der Waals surface area contributed by atoms with E-state index in [1.54, 1.807) is 13.8 Å². The number of carboxylic acids is 2. The zero-order valence-electron chi connectivity index (χ0n) is 16.0. The number of nitrogens with zero attached hydrogens (tertiary/aromatic N) is 2. The largest absolute Gasteiger partial charge is 0.481 e. The molecule has 0 saturated carbocycles. The number of aliphatic carboxylic acids is 2. The van der Waals surface area contributed by atoms with Crippen molar-refractivity contribution in [2.75, 3.05) is 0 Å². The van der Waals surface area contributed by atoms with Crippen LogP contribution in [0.3, 0.4) is 0 Å². The minimum absolute atomic E-state index is 0.0489. The number of aromatic nitrogens is 2. The van der Waals surface area contributed by atoms with Crippen LogP contribution in [0.5, 0.6) is 0 Å². The van der Waals surface area contributed by atoms with Gasteiger partial charge in [-0.3, -0.25) is 37.9 Å². The zero-order valence-corrected chi connectivity index (χ0v) is 17.7. The average Bonchev–Trinajstić information content (AvgIpc) is 3.00. The van der Waals surface area contributed by atoms with Gasteiger partial charge in [0.2, 0.25) is 0 Å². The highest BCUT2D eigenvalue weighted by atomic mass is 32.1. The number of carboxylic acid groups (broad SMARTS) is 2. The Balaban J connectivity index is 2.12. The fraction of sp³-hybridized carbons (Fsp3) is 0.444. The van der Waals surface area contributed by atoms with Crippen LogP contribution in [0.2, 0.25) is 0 Å². The van der Waals surface area contributed by atoms with Gasteiger partial charge in [0.05, 0.1) is 0 Å². The third kappa shape index (κ3) is 3.92. The lowest BCUT2D eigenvalue weighted by atomic mass is 10.1. The highest BCUT2D eigenvalue weighted by molar-refractivity contribution is 7.36. The highest BCUT2D eigenvalue weighted by Crippen LogP contribution is 2.26. The van der Waals surface area contributed by atoms with E-state index in [1.165, 1.54) is 0 Å². The van der Waals surface area contributed by atoms with Crippen LogP contribution in [-0.4, -0.2) is 31.3 Å². The van der Waals surface area contributed by atoms with Crippen LogP contribution in [-0.2, 0) is 22.7 Å². The molecule has 0 bridgehead atoms. The van der Waals surface area contributed by atoms with E-state index in [9.17, 15) is 28.8 Å². The highest BCUT2D eigenvalue weighted by Gasteiger charge is 2.23. The van der Waals surface area contributed by atoms with Gasteiger partial charge in [-0.25, -0.2) is 0 Å². The van der Waals surface area contributed by atoms with Crippen LogP contribution < -0.4 is 22.2 Å². The molecule has 0 aliphatic carbocycles. The Morgan fingerprint density at radius 3 is 1.20 bits per heavy atom. The van der Waals surface area contributed by atoms with E-state index in [1.807, 2.05) is 0 Å². The van der Waals surface area contributed by atoms with Crippen molar-refractivity contribution in [2.45, 2.75) is 39.8 Å². The lowest BCUT2D eigenvalue weighted by Crippen LogP contribution is -2.29. The number of fused-ring (bicyclic) bond motifs is 2. The summed E-state index contributed by atoms with van der Waals surface area (Å²) < 4.78 is 2.09. The predicted octanol–water partition coefficient (Wildman–Crippen LogP) is 0.819. The Hall–Kier alpha value is -2.86. The summed E-state index contributed by atoms with van der Waals surface area (Å²) in [4.78, 5) is 72.5. The van der Waals surface area contributed by atoms with Crippen molar-refractivity contribution in [3.8, 4) is 0 Å². The fourth-order valence-corrected chi connectivity index (χ4v) is 5.73. The van der Waals surface area contributed by atoms with Gasteiger partial charge in [-0.15, -0.1) is 22.7 Å². The second-order valence-corrected chi connectivity index (χ2v) is 9.41. The SMILES string of the molecule is CC(CC(=O)O)Cn1c(=O)c2sc3c(=O)n(CC(C)CC(=O)O)c(=O)c3sc2c1=O. The quantitative estimate of drug-likeness (QED) is 0.507. The van der Waals surface area contributed by atoms with Crippen LogP contribution in [0.25, 0.3) is 18.8 Å². The van der Waals surface area contributed by atoms with Gasteiger partial charge in [0, 0.05) is 25.9 Å². The molecule has 0 saturated heterocycles. The molecule has 3 aromatic heterocycles. The summed E-state index contributed by atoms with van der Waals surface area (Å²) >= 11 is 1.54. The van der Waals surface area contributed by atoms with Crippen molar-refractivity contribution in [2.24, 2.45) is 11.8 Å². The molecular weight excluding hydrogens is 436 g/mol. The Bertz CT molecular complexity index is 1200. The van der Waals surface area contributed by atoms with Crippen LogP contribution in [0.15, 0.2) is 19.2 Å². The summed E-state index contributed by atoms with van der Waals surface area (Å²) in [7, 11) is 0. The molecule has 0 aromatic carbocycles. The Morgan fingerprint density at radius 1 is 0.700 bits per heavy atom. The van der Waals surface area contributed by atoms with Crippen molar-refractivity contribution in [3.63, 3.8) is 0 Å². The standard InChI is InChI=1S/C18H18N2O8S2/c1-7(3-9(21)22)5-19-15(25)11-12(16(19)26)30-14-13(29-11)17(27)20(18(14)28)6-8(2)4-10(23)24/h7-8H,3-6H2,1-2H3,(H,21,22)(H,23,24). The molecule has 0 radical (unpaired) electrons. The van der Waals surface area contributed by atoms with Crippen LogP contribution >= 0.6 is 22.7 Å². The molecule has 0 fully saturated rings. The lowest BCUT2D eigenvalue weighted by Gasteiger charge is -2.07. The number of hydrogen-bond donors (Lipinski definition) is 2. The van der Waals surface area contributed by atoms with Crippen molar-refractivity contribution < 1.29 is 19.8 Å². The van der Waals surface area contributed by atoms with Gasteiger partial charge in [-0.2, -0.15) is 0 Å². The molecule has 0 spiro atoms. The summed E-state index contributed by atoms with van der Waals surface area (Å²) in [6.07, 6.45) is -0.422. The first-order chi connectivity index (χ1) is 14.0. The monoisotopic (exact) mass is 454 g/mol. The molecule has 10 nitrogen and oxygen atoms in total. The first-order valence-electron chi connectivity index (χ1n) is 9.01. The van der Waals surface area contributed by atoms with Crippen molar-refractivity contribution in [3.05, 3.63) is 41.4 Å². The summed E-state index contributed by atoms with van der Waals surface area (Å²) in [5, 5.41) is 17.7.